The van der Waals surface area contributed by atoms with E-state index in [9.17, 15) is 13.2 Å². The third-order valence-electron chi connectivity index (χ3n) is 4.05. The van der Waals surface area contributed by atoms with Crippen molar-refractivity contribution in [1.82, 2.24) is 0 Å². The van der Waals surface area contributed by atoms with E-state index in [1.807, 2.05) is 37.3 Å². The fourth-order valence-electron chi connectivity index (χ4n) is 2.50. The molecule has 0 saturated heterocycles. The van der Waals surface area contributed by atoms with Crippen LogP contribution in [0.15, 0.2) is 82.6 Å². The van der Waals surface area contributed by atoms with E-state index < -0.39 is 10.0 Å². The number of sulfonamides is 1. The Bertz CT molecular complexity index is 1140. The minimum Gasteiger partial charge on any atom is -0.325 e. The first-order valence-corrected chi connectivity index (χ1v) is 12.0. The molecule has 0 spiro atoms. The van der Waals surface area contributed by atoms with Crippen LogP contribution >= 0.6 is 35.0 Å². The predicted molar refractivity (Wildman–Crippen MR) is 124 cm³/mol. The van der Waals surface area contributed by atoms with Crippen molar-refractivity contribution in [2.75, 3.05) is 10.0 Å². The Morgan fingerprint density at radius 2 is 1.60 bits per heavy atom. The molecular formula is C21H18Cl2N2O3S2. The van der Waals surface area contributed by atoms with Gasteiger partial charge in [-0.3, -0.25) is 9.52 Å². The zero-order valence-electron chi connectivity index (χ0n) is 15.8. The molecule has 0 saturated carbocycles. The summed E-state index contributed by atoms with van der Waals surface area (Å²) in [5.74, 6) is -0.178. The fourth-order valence-corrected chi connectivity index (χ4v) is 4.87. The highest BCUT2D eigenvalue weighted by atomic mass is 35.5. The Morgan fingerprint density at radius 1 is 0.933 bits per heavy atom. The molecule has 0 heterocycles. The Balaban J connectivity index is 1.66. The largest absolute Gasteiger partial charge is 0.325 e. The smallest absolute Gasteiger partial charge is 0.261 e. The number of hydrogen-bond donors (Lipinski definition) is 2. The van der Waals surface area contributed by atoms with E-state index >= 15 is 0 Å². The maximum atomic E-state index is 12.6. The molecule has 0 aliphatic heterocycles. The number of halogens is 2. The summed E-state index contributed by atoms with van der Waals surface area (Å²) >= 11 is 13.4. The summed E-state index contributed by atoms with van der Waals surface area (Å²) in [5.41, 5.74) is 0.688. The van der Waals surface area contributed by atoms with E-state index in [2.05, 4.69) is 10.0 Å². The Morgan fingerprint density at radius 3 is 2.27 bits per heavy atom. The summed E-state index contributed by atoms with van der Waals surface area (Å²) in [6, 6.07) is 20.2. The number of benzene rings is 3. The van der Waals surface area contributed by atoms with E-state index in [1.165, 1.54) is 42.1 Å². The fraction of sp³-hybridized carbons (Fsp3) is 0.0952. The van der Waals surface area contributed by atoms with Crippen LogP contribution in [0, 0.1) is 0 Å². The van der Waals surface area contributed by atoms with Crippen LogP contribution in [-0.4, -0.2) is 19.6 Å². The summed E-state index contributed by atoms with van der Waals surface area (Å²) in [6.07, 6.45) is 0. The monoisotopic (exact) mass is 480 g/mol. The van der Waals surface area contributed by atoms with Gasteiger partial charge in [-0.05, 0) is 55.5 Å². The van der Waals surface area contributed by atoms with Crippen LogP contribution in [0.2, 0.25) is 10.0 Å². The van der Waals surface area contributed by atoms with Gasteiger partial charge in [0.1, 0.15) is 0 Å². The lowest BCUT2D eigenvalue weighted by Crippen LogP contribution is -2.22. The standard InChI is InChI=1S/C21H18Cl2N2O3S2/c1-14(29-16-6-3-2-4-7-16)21(26)24-15-10-12-17(13-11-15)30(27,28)25-19-9-5-8-18(22)20(19)23/h2-14,25H,1H3,(H,24,26)/t14-/m0/s1. The zero-order valence-corrected chi connectivity index (χ0v) is 18.9. The van der Waals surface area contributed by atoms with Crippen LogP contribution in [0.25, 0.3) is 0 Å². The van der Waals surface area contributed by atoms with Gasteiger partial charge in [-0.25, -0.2) is 8.42 Å². The molecule has 2 N–H and O–H groups in total. The summed E-state index contributed by atoms with van der Waals surface area (Å²) < 4.78 is 27.6. The van der Waals surface area contributed by atoms with Gasteiger partial charge in [0, 0.05) is 10.6 Å². The number of carbonyl (C=O) groups excluding carboxylic acids is 1. The lowest BCUT2D eigenvalue weighted by Gasteiger charge is -2.13. The molecule has 0 aliphatic carbocycles. The van der Waals surface area contributed by atoms with Gasteiger partial charge < -0.3 is 5.32 Å². The molecule has 9 heteroatoms. The topological polar surface area (TPSA) is 75.3 Å². The van der Waals surface area contributed by atoms with Crippen LogP contribution in [-0.2, 0) is 14.8 Å². The molecule has 1 amide bonds. The summed E-state index contributed by atoms with van der Waals surface area (Å²) in [4.78, 5) is 13.4. The van der Waals surface area contributed by atoms with Gasteiger partial charge in [-0.1, -0.05) is 47.5 Å². The maximum Gasteiger partial charge on any atom is 0.261 e. The van der Waals surface area contributed by atoms with Crippen LogP contribution < -0.4 is 10.0 Å². The van der Waals surface area contributed by atoms with Gasteiger partial charge in [0.2, 0.25) is 5.91 Å². The first kappa shape index (κ1) is 22.5. The predicted octanol–water partition coefficient (Wildman–Crippen LogP) is 5.91. The molecule has 0 aromatic heterocycles. The van der Waals surface area contributed by atoms with Gasteiger partial charge in [-0.15, -0.1) is 11.8 Å². The molecule has 0 radical (unpaired) electrons. The van der Waals surface area contributed by atoms with Crippen LogP contribution in [0.1, 0.15) is 6.92 Å². The quantitative estimate of drug-likeness (QED) is 0.411. The van der Waals surface area contributed by atoms with E-state index in [4.69, 9.17) is 23.2 Å². The summed E-state index contributed by atoms with van der Waals surface area (Å²) in [6.45, 7) is 1.81. The summed E-state index contributed by atoms with van der Waals surface area (Å²) in [5, 5.41) is 2.85. The number of carbonyl (C=O) groups is 1. The SMILES string of the molecule is C[C@H](Sc1ccccc1)C(=O)Nc1ccc(S(=O)(=O)Nc2cccc(Cl)c2Cl)cc1. The minimum absolute atomic E-state index is 0.0308. The van der Waals surface area contributed by atoms with Crippen LogP contribution in [0.5, 0.6) is 0 Å². The molecule has 3 aromatic rings. The third kappa shape index (κ3) is 5.70. The second-order valence-corrected chi connectivity index (χ2v) is 10.2. The average Bonchev–Trinajstić information content (AvgIpc) is 2.72. The molecule has 1 atom stereocenters. The van der Waals surface area contributed by atoms with Crippen molar-refractivity contribution in [3.63, 3.8) is 0 Å². The lowest BCUT2D eigenvalue weighted by molar-refractivity contribution is -0.115. The number of thioether (sulfide) groups is 1. The number of nitrogens with one attached hydrogen (secondary N) is 2. The number of rotatable bonds is 7. The molecule has 0 unspecified atom stereocenters. The molecule has 0 bridgehead atoms. The molecule has 0 aliphatic rings. The van der Waals surface area contributed by atoms with Crippen molar-refractivity contribution in [2.24, 2.45) is 0 Å². The first-order valence-electron chi connectivity index (χ1n) is 8.86. The van der Waals surface area contributed by atoms with Gasteiger partial charge >= 0.3 is 0 Å². The lowest BCUT2D eigenvalue weighted by atomic mass is 10.3. The molecular weight excluding hydrogens is 463 g/mol. The highest BCUT2D eigenvalue weighted by Gasteiger charge is 2.18. The second kappa shape index (κ2) is 9.75. The number of hydrogen-bond acceptors (Lipinski definition) is 4. The molecule has 3 rings (SSSR count). The average molecular weight is 481 g/mol. The van der Waals surface area contributed by atoms with Gasteiger partial charge in [-0.2, -0.15) is 0 Å². The third-order valence-corrected chi connectivity index (χ3v) is 7.37. The molecule has 0 fully saturated rings. The molecule has 5 nitrogen and oxygen atoms in total. The van der Waals surface area contributed by atoms with Crippen molar-refractivity contribution in [3.05, 3.63) is 82.8 Å². The van der Waals surface area contributed by atoms with Crippen molar-refractivity contribution >= 4 is 62.3 Å². The second-order valence-electron chi connectivity index (χ2n) is 6.29. The van der Waals surface area contributed by atoms with Crippen molar-refractivity contribution in [3.8, 4) is 0 Å². The van der Waals surface area contributed by atoms with Crippen molar-refractivity contribution < 1.29 is 13.2 Å². The Hall–Kier alpha value is -2.19. The van der Waals surface area contributed by atoms with Gasteiger partial charge in [0.05, 0.1) is 25.9 Å². The van der Waals surface area contributed by atoms with Gasteiger partial charge in [0.15, 0.2) is 0 Å². The van der Waals surface area contributed by atoms with Gasteiger partial charge in [0.25, 0.3) is 10.0 Å². The number of anilines is 2. The van der Waals surface area contributed by atoms with E-state index in [-0.39, 0.29) is 31.8 Å². The maximum absolute atomic E-state index is 12.6. The van der Waals surface area contributed by atoms with Crippen molar-refractivity contribution in [2.45, 2.75) is 22.0 Å². The number of amides is 1. The normalized spacial score (nSPS) is 12.2. The van der Waals surface area contributed by atoms with E-state index in [0.717, 1.165) is 4.90 Å². The molecule has 156 valence electrons. The highest BCUT2D eigenvalue weighted by Crippen LogP contribution is 2.31. The molecule has 3 aromatic carbocycles. The molecule has 30 heavy (non-hydrogen) atoms. The zero-order chi connectivity index (χ0) is 21.7. The summed E-state index contributed by atoms with van der Waals surface area (Å²) in [7, 11) is -3.86. The minimum atomic E-state index is -3.86. The van der Waals surface area contributed by atoms with Crippen LogP contribution in [0.4, 0.5) is 11.4 Å². The van der Waals surface area contributed by atoms with Crippen molar-refractivity contribution in [1.29, 1.82) is 0 Å². The van der Waals surface area contributed by atoms with E-state index in [1.54, 1.807) is 12.1 Å². The highest BCUT2D eigenvalue weighted by molar-refractivity contribution is 8.00. The van der Waals surface area contributed by atoms with E-state index in [0.29, 0.717) is 5.69 Å². The Labute approximate surface area is 189 Å². The first-order chi connectivity index (χ1) is 14.3. The van der Waals surface area contributed by atoms with Crippen LogP contribution in [0.3, 0.4) is 0 Å². The Kier molecular flexibility index (Phi) is 7.31.